The number of nitrogens with one attached hydrogen (secondary N) is 1. The minimum atomic E-state index is 0.0355. The van der Waals surface area contributed by atoms with Gasteiger partial charge in [-0.15, -0.1) is 0 Å². The van der Waals surface area contributed by atoms with Crippen LogP contribution in [0.4, 0.5) is 11.5 Å². The summed E-state index contributed by atoms with van der Waals surface area (Å²) >= 11 is 0. The number of rotatable bonds is 5. The first-order chi connectivity index (χ1) is 15.3. The lowest BCUT2D eigenvalue weighted by Gasteiger charge is -2.36. The topological polar surface area (TPSA) is 79.8 Å². The predicted octanol–water partition coefficient (Wildman–Crippen LogP) is 2.73. The summed E-state index contributed by atoms with van der Waals surface area (Å²) in [7, 11) is 0. The van der Waals surface area contributed by atoms with E-state index in [-0.39, 0.29) is 18.6 Å². The standard InChI is InChI=1S/C23H29N5O3/c29-23(25-13-17-4-5-20-21(12-17)31-16-30-20)18-6-10-27(11-7-18)19-14-24-15-26-22(19)28-8-2-1-3-9-28/h4-5,12,14-15,18H,1-3,6-11,13,16H2,(H,25,29). The molecule has 0 unspecified atom stereocenters. The van der Waals surface area contributed by atoms with E-state index < -0.39 is 0 Å². The Hall–Kier alpha value is -3.03. The normalized spacial score (nSPS) is 18.8. The Bertz CT molecular complexity index is 923. The number of anilines is 2. The molecule has 3 aliphatic rings. The third-order valence-corrected chi connectivity index (χ3v) is 6.44. The second-order valence-electron chi connectivity index (χ2n) is 8.45. The van der Waals surface area contributed by atoms with E-state index in [0.717, 1.165) is 67.6 Å². The molecule has 0 saturated carbocycles. The fourth-order valence-electron chi connectivity index (χ4n) is 4.66. The number of hydrogen-bond donors (Lipinski definition) is 1. The number of amides is 1. The Morgan fingerprint density at radius 1 is 1.03 bits per heavy atom. The van der Waals surface area contributed by atoms with Crippen molar-refractivity contribution in [1.82, 2.24) is 15.3 Å². The van der Waals surface area contributed by atoms with Gasteiger partial charge < -0.3 is 24.6 Å². The van der Waals surface area contributed by atoms with Gasteiger partial charge in [-0.2, -0.15) is 0 Å². The second kappa shape index (κ2) is 8.99. The van der Waals surface area contributed by atoms with Crippen molar-refractivity contribution >= 4 is 17.4 Å². The van der Waals surface area contributed by atoms with Crippen LogP contribution in [0.1, 0.15) is 37.7 Å². The summed E-state index contributed by atoms with van der Waals surface area (Å²) in [6.45, 7) is 4.56. The highest BCUT2D eigenvalue weighted by Crippen LogP contribution is 2.33. The van der Waals surface area contributed by atoms with Gasteiger partial charge in [-0.1, -0.05) is 6.07 Å². The van der Waals surface area contributed by atoms with Crippen LogP contribution < -0.4 is 24.6 Å². The molecule has 1 N–H and O–H groups in total. The maximum atomic E-state index is 12.7. The van der Waals surface area contributed by atoms with Gasteiger partial charge in [-0.3, -0.25) is 4.79 Å². The Kier molecular flexibility index (Phi) is 5.78. The van der Waals surface area contributed by atoms with E-state index in [1.165, 1.54) is 19.3 Å². The van der Waals surface area contributed by atoms with E-state index in [2.05, 4.69) is 25.1 Å². The van der Waals surface area contributed by atoms with Crippen molar-refractivity contribution in [2.45, 2.75) is 38.6 Å². The van der Waals surface area contributed by atoms with Crippen molar-refractivity contribution in [3.8, 4) is 11.5 Å². The molecule has 1 aromatic carbocycles. The zero-order valence-electron chi connectivity index (χ0n) is 17.8. The van der Waals surface area contributed by atoms with Crippen LogP contribution in [0.15, 0.2) is 30.7 Å². The van der Waals surface area contributed by atoms with Gasteiger partial charge in [0.15, 0.2) is 17.3 Å². The van der Waals surface area contributed by atoms with Crippen molar-refractivity contribution in [1.29, 1.82) is 0 Å². The Morgan fingerprint density at radius 2 is 1.84 bits per heavy atom. The maximum absolute atomic E-state index is 12.7. The van der Waals surface area contributed by atoms with Gasteiger partial charge in [-0.25, -0.2) is 9.97 Å². The highest BCUT2D eigenvalue weighted by atomic mass is 16.7. The fraction of sp³-hybridized carbons (Fsp3) is 0.522. The minimum Gasteiger partial charge on any atom is -0.454 e. The average molecular weight is 424 g/mol. The number of piperidine rings is 2. The van der Waals surface area contributed by atoms with E-state index in [1.807, 2.05) is 24.4 Å². The average Bonchev–Trinajstić information content (AvgIpc) is 3.31. The summed E-state index contributed by atoms with van der Waals surface area (Å²) in [5.41, 5.74) is 2.12. The Morgan fingerprint density at radius 3 is 2.68 bits per heavy atom. The van der Waals surface area contributed by atoms with Gasteiger partial charge in [0.1, 0.15) is 6.33 Å². The summed E-state index contributed by atoms with van der Waals surface area (Å²) in [6, 6.07) is 5.79. The molecule has 2 aromatic rings. The van der Waals surface area contributed by atoms with Crippen LogP contribution in [0.2, 0.25) is 0 Å². The highest BCUT2D eigenvalue weighted by Gasteiger charge is 2.28. The molecule has 8 nitrogen and oxygen atoms in total. The van der Waals surface area contributed by atoms with Gasteiger partial charge in [0.05, 0.1) is 11.9 Å². The number of benzene rings is 1. The summed E-state index contributed by atoms with van der Waals surface area (Å²) in [5.74, 6) is 2.71. The molecular formula is C23H29N5O3. The smallest absolute Gasteiger partial charge is 0.231 e. The quantitative estimate of drug-likeness (QED) is 0.792. The molecule has 5 rings (SSSR count). The van der Waals surface area contributed by atoms with E-state index >= 15 is 0 Å². The zero-order valence-corrected chi connectivity index (χ0v) is 17.8. The molecule has 0 aliphatic carbocycles. The molecule has 31 heavy (non-hydrogen) atoms. The van der Waals surface area contributed by atoms with Crippen LogP contribution in [-0.2, 0) is 11.3 Å². The Balaban J connectivity index is 1.16. The van der Waals surface area contributed by atoms with Crippen molar-refractivity contribution in [3.05, 3.63) is 36.3 Å². The van der Waals surface area contributed by atoms with Crippen LogP contribution in [0.5, 0.6) is 11.5 Å². The first-order valence-electron chi connectivity index (χ1n) is 11.2. The number of ether oxygens (including phenoxy) is 2. The predicted molar refractivity (Wildman–Crippen MR) is 117 cm³/mol. The molecule has 2 saturated heterocycles. The molecule has 3 aliphatic heterocycles. The molecule has 2 fully saturated rings. The summed E-state index contributed by atoms with van der Waals surface area (Å²) in [6.07, 6.45) is 8.97. The lowest BCUT2D eigenvalue weighted by atomic mass is 9.95. The van der Waals surface area contributed by atoms with Crippen molar-refractivity contribution < 1.29 is 14.3 Å². The second-order valence-corrected chi connectivity index (χ2v) is 8.45. The number of carbonyl (C=O) groups excluding carboxylic acids is 1. The largest absolute Gasteiger partial charge is 0.454 e. The van der Waals surface area contributed by atoms with Crippen LogP contribution >= 0.6 is 0 Å². The molecule has 1 aromatic heterocycles. The third-order valence-electron chi connectivity index (χ3n) is 6.44. The summed E-state index contributed by atoms with van der Waals surface area (Å²) in [4.78, 5) is 26.3. The van der Waals surface area contributed by atoms with Gasteiger partial charge >= 0.3 is 0 Å². The third kappa shape index (κ3) is 4.38. The van der Waals surface area contributed by atoms with Crippen LogP contribution in [-0.4, -0.2) is 48.8 Å². The first kappa shape index (κ1) is 19.9. The van der Waals surface area contributed by atoms with Crippen LogP contribution in [0.25, 0.3) is 0 Å². The van der Waals surface area contributed by atoms with E-state index in [0.29, 0.717) is 6.54 Å². The molecule has 0 atom stereocenters. The van der Waals surface area contributed by atoms with Gasteiger partial charge in [-0.05, 0) is 49.8 Å². The van der Waals surface area contributed by atoms with Crippen molar-refractivity contribution in [2.24, 2.45) is 5.92 Å². The van der Waals surface area contributed by atoms with Crippen molar-refractivity contribution in [2.75, 3.05) is 42.8 Å². The number of carbonyl (C=O) groups is 1. The molecule has 8 heteroatoms. The SMILES string of the molecule is O=C(NCc1ccc2c(c1)OCO2)C1CCN(c2cncnc2N2CCCCC2)CC1. The van der Waals surface area contributed by atoms with E-state index in [9.17, 15) is 4.79 Å². The van der Waals surface area contributed by atoms with Gasteiger partial charge in [0, 0.05) is 38.6 Å². The lowest BCUT2D eigenvalue weighted by Crippen LogP contribution is -2.41. The number of hydrogen-bond acceptors (Lipinski definition) is 7. The fourth-order valence-corrected chi connectivity index (χ4v) is 4.66. The van der Waals surface area contributed by atoms with Crippen LogP contribution in [0.3, 0.4) is 0 Å². The Labute approximate surface area is 182 Å². The molecular weight excluding hydrogens is 394 g/mol. The number of aromatic nitrogens is 2. The van der Waals surface area contributed by atoms with Gasteiger partial charge in [0.2, 0.25) is 12.7 Å². The number of nitrogens with zero attached hydrogens (tertiary/aromatic N) is 4. The maximum Gasteiger partial charge on any atom is 0.231 e. The highest BCUT2D eigenvalue weighted by molar-refractivity contribution is 5.79. The zero-order chi connectivity index (χ0) is 21.0. The first-order valence-corrected chi connectivity index (χ1v) is 11.2. The molecule has 0 spiro atoms. The summed E-state index contributed by atoms with van der Waals surface area (Å²) < 4.78 is 10.8. The molecule has 0 bridgehead atoms. The van der Waals surface area contributed by atoms with Gasteiger partial charge in [0.25, 0.3) is 0 Å². The van der Waals surface area contributed by atoms with E-state index in [4.69, 9.17) is 9.47 Å². The lowest BCUT2D eigenvalue weighted by molar-refractivity contribution is -0.125. The monoisotopic (exact) mass is 423 g/mol. The van der Waals surface area contributed by atoms with Crippen LogP contribution in [0, 0.1) is 5.92 Å². The van der Waals surface area contributed by atoms with E-state index in [1.54, 1.807) is 6.33 Å². The molecule has 0 radical (unpaired) electrons. The van der Waals surface area contributed by atoms with Crippen molar-refractivity contribution in [3.63, 3.8) is 0 Å². The molecule has 1 amide bonds. The minimum absolute atomic E-state index is 0.0355. The summed E-state index contributed by atoms with van der Waals surface area (Å²) in [5, 5.41) is 3.09. The number of fused-ring (bicyclic) bond motifs is 1. The molecule has 164 valence electrons. The molecule has 4 heterocycles.